The molecule has 1 heterocycles. The van der Waals surface area contributed by atoms with Crippen molar-refractivity contribution in [3.8, 4) is 0 Å². The molecule has 1 aliphatic heterocycles. The van der Waals surface area contributed by atoms with Crippen LogP contribution in [0.2, 0.25) is 0 Å². The van der Waals surface area contributed by atoms with Crippen LogP contribution in [0.3, 0.4) is 0 Å². The Morgan fingerprint density at radius 2 is 2.08 bits per heavy atom. The number of nitrogens with zero attached hydrogens (tertiary/aromatic N) is 2. The zero-order chi connectivity index (χ0) is 9.73. The molecule has 0 saturated carbocycles. The molecule has 0 radical (unpaired) electrons. The molecule has 1 fully saturated rings. The molecule has 0 aromatic carbocycles. The van der Waals surface area contributed by atoms with E-state index in [0.29, 0.717) is 0 Å². The summed E-state index contributed by atoms with van der Waals surface area (Å²) in [5, 5.41) is 0. The van der Waals surface area contributed by atoms with Gasteiger partial charge in [-0.25, -0.2) is 0 Å². The molecule has 78 valence electrons. The van der Waals surface area contributed by atoms with Gasteiger partial charge in [-0.1, -0.05) is 19.8 Å². The standard InChI is InChI=1S/C10H25N2Si/c1-4-5-6-8-11-9-7-10-12(2,3)13-11/h4-10,13H2,1-3H3/q+1. The maximum Gasteiger partial charge on any atom is 0.337 e. The van der Waals surface area contributed by atoms with Crippen molar-refractivity contribution in [1.82, 2.24) is 4.57 Å². The van der Waals surface area contributed by atoms with Gasteiger partial charge in [-0.05, 0) is 13.0 Å². The maximum absolute atomic E-state index is 2.76. The zero-order valence-corrected chi connectivity index (χ0v) is 11.0. The Bertz CT molecular complexity index is 148. The highest BCUT2D eigenvalue weighted by Crippen LogP contribution is 2.09. The Morgan fingerprint density at radius 1 is 1.31 bits per heavy atom. The van der Waals surface area contributed by atoms with Crippen molar-refractivity contribution in [3.63, 3.8) is 0 Å². The summed E-state index contributed by atoms with van der Waals surface area (Å²) >= 11 is 0. The van der Waals surface area contributed by atoms with Crippen molar-refractivity contribution in [2.24, 2.45) is 0 Å². The highest BCUT2D eigenvalue weighted by Gasteiger charge is 2.25. The summed E-state index contributed by atoms with van der Waals surface area (Å²) in [6, 6.07) is 0. The SMILES string of the molecule is CCCCCN1CCC[N+](C)(C)[SiH2]1. The molecule has 0 atom stereocenters. The monoisotopic (exact) mass is 201 g/mol. The highest BCUT2D eigenvalue weighted by molar-refractivity contribution is 6.22. The molecule has 1 aliphatic rings. The van der Waals surface area contributed by atoms with Crippen LogP contribution in [0.5, 0.6) is 0 Å². The van der Waals surface area contributed by atoms with Crippen LogP contribution in [0, 0.1) is 0 Å². The van der Waals surface area contributed by atoms with E-state index in [9.17, 15) is 0 Å². The first-order valence-corrected chi connectivity index (χ1v) is 6.95. The summed E-state index contributed by atoms with van der Waals surface area (Å²) in [6.07, 6.45) is 5.60. The summed E-state index contributed by atoms with van der Waals surface area (Å²) in [5.41, 5.74) is 0. The molecule has 1 saturated heterocycles. The van der Waals surface area contributed by atoms with E-state index < -0.39 is 0 Å². The van der Waals surface area contributed by atoms with Gasteiger partial charge in [0.05, 0.1) is 20.6 Å². The predicted octanol–water partition coefficient (Wildman–Crippen LogP) is 0.957. The number of quaternary nitrogens is 1. The van der Waals surface area contributed by atoms with E-state index in [1.165, 1.54) is 49.5 Å². The van der Waals surface area contributed by atoms with E-state index in [2.05, 4.69) is 25.6 Å². The molecule has 0 bridgehead atoms. The van der Waals surface area contributed by atoms with Gasteiger partial charge in [0, 0.05) is 13.0 Å². The van der Waals surface area contributed by atoms with Gasteiger partial charge >= 0.3 is 9.84 Å². The maximum atomic E-state index is 2.76. The summed E-state index contributed by atoms with van der Waals surface area (Å²) < 4.78 is 4.09. The molecule has 0 unspecified atom stereocenters. The molecule has 0 aromatic heterocycles. The van der Waals surface area contributed by atoms with E-state index in [0.717, 1.165) is 0 Å². The molecular formula is C10H25N2Si+. The average Bonchev–Trinajstić information content (AvgIpc) is 2.03. The first kappa shape index (κ1) is 11.2. The summed E-state index contributed by atoms with van der Waals surface area (Å²) in [6.45, 7) is 6.46. The van der Waals surface area contributed by atoms with Crippen molar-refractivity contribution in [2.45, 2.75) is 32.6 Å². The van der Waals surface area contributed by atoms with E-state index in [-0.39, 0.29) is 9.84 Å². The van der Waals surface area contributed by atoms with Crippen LogP contribution >= 0.6 is 0 Å². The molecule has 0 N–H and O–H groups in total. The second-order valence-corrected chi connectivity index (χ2v) is 7.87. The Kier molecular flexibility index (Phi) is 4.42. The predicted molar refractivity (Wildman–Crippen MR) is 61.2 cm³/mol. The minimum atomic E-state index is -0.00673. The fourth-order valence-corrected chi connectivity index (χ4v) is 4.35. The number of hydrogen-bond donors (Lipinski definition) is 0. The van der Waals surface area contributed by atoms with Crippen molar-refractivity contribution in [2.75, 3.05) is 33.7 Å². The topological polar surface area (TPSA) is 3.24 Å². The van der Waals surface area contributed by atoms with Crippen LogP contribution in [-0.2, 0) is 0 Å². The first-order valence-electron chi connectivity index (χ1n) is 5.68. The van der Waals surface area contributed by atoms with Gasteiger partial charge in [-0.2, -0.15) is 0 Å². The number of hydrogen-bond acceptors (Lipinski definition) is 1. The fourth-order valence-electron chi connectivity index (χ4n) is 2.17. The largest absolute Gasteiger partial charge is 0.381 e. The lowest BCUT2D eigenvalue weighted by Crippen LogP contribution is -2.57. The summed E-state index contributed by atoms with van der Waals surface area (Å²) in [7, 11) is 4.80. The summed E-state index contributed by atoms with van der Waals surface area (Å²) in [4.78, 5) is 0. The average molecular weight is 201 g/mol. The van der Waals surface area contributed by atoms with Crippen molar-refractivity contribution in [1.29, 1.82) is 0 Å². The van der Waals surface area contributed by atoms with Crippen LogP contribution in [0.15, 0.2) is 0 Å². The third-order valence-corrected chi connectivity index (χ3v) is 5.01. The molecule has 1 rings (SSSR count). The van der Waals surface area contributed by atoms with Crippen LogP contribution in [0.1, 0.15) is 32.6 Å². The van der Waals surface area contributed by atoms with E-state index in [1.807, 2.05) is 0 Å². The number of unbranched alkanes of at least 4 members (excludes halogenated alkanes) is 2. The quantitative estimate of drug-likeness (QED) is 0.484. The van der Waals surface area contributed by atoms with Gasteiger partial charge in [0.25, 0.3) is 0 Å². The lowest BCUT2D eigenvalue weighted by atomic mass is 10.2. The van der Waals surface area contributed by atoms with Crippen LogP contribution in [0.25, 0.3) is 0 Å². The van der Waals surface area contributed by atoms with E-state index >= 15 is 0 Å². The highest BCUT2D eigenvalue weighted by atomic mass is 28.2. The Labute approximate surface area is 85.5 Å². The van der Waals surface area contributed by atoms with Gasteiger partial charge in [0.1, 0.15) is 0 Å². The van der Waals surface area contributed by atoms with Gasteiger partial charge in [-0.3, -0.25) is 4.57 Å². The number of rotatable bonds is 4. The van der Waals surface area contributed by atoms with E-state index in [4.69, 9.17) is 0 Å². The van der Waals surface area contributed by atoms with Gasteiger partial charge in [-0.15, -0.1) is 0 Å². The molecular weight excluding hydrogens is 176 g/mol. The van der Waals surface area contributed by atoms with Crippen molar-refractivity contribution in [3.05, 3.63) is 0 Å². The van der Waals surface area contributed by atoms with Crippen LogP contribution in [0.4, 0.5) is 0 Å². The minimum Gasteiger partial charge on any atom is -0.381 e. The van der Waals surface area contributed by atoms with Gasteiger partial charge < -0.3 is 4.15 Å². The van der Waals surface area contributed by atoms with Crippen molar-refractivity contribution < 1.29 is 4.15 Å². The lowest BCUT2D eigenvalue weighted by Gasteiger charge is -2.40. The first-order chi connectivity index (χ1) is 6.14. The van der Waals surface area contributed by atoms with Gasteiger partial charge in [0.15, 0.2) is 0 Å². The zero-order valence-electron chi connectivity index (χ0n) is 9.55. The Hall–Kier alpha value is 0.137. The fraction of sp³-hybridized carbons (Fsp3) is 1.00. The Balaban J connectivity index is 2.19. The molecule has 0 amide bonds. The summed E-state index contributed by atoms with van der Waals surface area (Å²) in [5.74, 6) is 0. The molecule has 0 aliphatic carbocycles. The molecule has 0 spiro atoms. The molecule has 0 aromatic rings. The van der Waals surface area contributed by atoms with E-state index in [1.54, 1.807) is 0 Å². The third kappa shape index (κ3) is 4.25. The van der Waals surface area contributed by atoms with Crippen molar-refractivity contribution >= 4 is 9.84 Å². The second-order valence-electron chi connectivity index (χ2n) is 4.98. The lowest BCUT2D eigenvalue weighted by molar-refractivity contribution is -0.786. The van der Waals surface area contributed by atoms with Crippen LogP contribution in [-0.4, -0.2) is 52.3 Å². The third-order valence-electron chi connectivity index (χ3n) is 2.90. The van der Waals surface area contributed by atoms with Crippen LogP contribution < -0.4 is 0 Å². The molecule has 2 nitrogen and oxygen atoms in total. The Morgan fingerprint density at radius 3 is 2.69 bits per heavy atom. The minimum absolute atomic E-state index is 0.00673. The molecule has 13 heavy (non-hydrogen) atoms. The van der Waals surface area contributed by atoms with Gasteiger partial charge in [0.2, 0.25) is 0 Å². The normalized spacial score (nSPS) is 25.2. The smallest absolute Gasteiger partial charge is 0.337 e. The second kappa shape index (κ2) is 5.13. The molecule has 3 heteroatoms.